The van der Waals surface area contributed by atoms with Crippen LogP contribution in [0.25, 0.3) is 0 Å². The molecule has 0 unspecified atom stereocenters. The van der Waals surface area contributed by atoms with E-state index >= 15 is 0 Å². The SMILES string of the molecule is O=C(C1CCN(c2ccc(=S)[nH]n2)CC1)N1CCCC1. The highest BCUT2D eigenvalue weighted by atomic mass is 32.1. The first-order chi connectivity index (χ1) is 9.74. The fraction of sp³-hybridized carbons (Fsp3) is 0.643. The van der Waals surface area contributed by atoms with Crippen LogP contribution in [0.15, 0.2) is 12.1 Å². The Morgan fingerprint density at radius 2 is 1.90 bits per heavy atom. The summed E-state index contributed by atoms with van der Waals surface area (Å²) in [7, 11) is 0. The summed E-state index contributed by atoms with van der Waals surface area (Å²) in [4.78, 5) is 16.6. The highest BCUT2D eigenvalue weighted by molar-refractivity contribution is 7.71. The van der Waals surface area contributed by atoms with Crippen LogP contribution in [0.5, 0.6) is 0 Å². The summed E-state index contributed by atoms with van der Waals surface area (Å²) < 4.78 is 0.646. The molecule has 3 rings (SSSR count). The molecule has 0 atom stereocenters. The number of aromatic nitrogens is 2. The van der Waals surface area contributed by atoms with E-state index in [1.165, 1.54) is 0 Å². The van der Waals surface area contributed by atoms with Gasteiger partial charge < -0.3 is 9.80 Å². The van der Waals surface area contributed by atoms with Gasteiger partial charge in [0, 0.05) is 32.1 Å². The molecule has 2 aliphatic rings. The first-order valence-corrected chi connectivity index (χ1v) is 7.74. The first kappa shape index (κ1) is 13.5. The lowest BCUT2D eigenvalue weighted by Crippen LogP contribution is -2.42. The van der Waals surface area contributed by atoms with Gasteiger partial charge in [-0.15, -0.1) is 0 Å². The number of hydrogen-bond donors (Lipinski definition) is 1. The number of amides is 1. The number of rotatable bonds is 2. The van der Waals surface area contributed by atoms with Crippen molar-refractivity contribution in [2.45, 2.75) is 25.7 Å². The van der Waals surface area contributed by atoms with Crippen LogP contribution >= 0.6 is 12.2 Å². The van der Waals surface area contributed by atoms with Crippen LogP contribution in [0.4, 0.5) is 5.82 Å². The molecular weight excluding hydrogens is 272 g/mol. The van der Waals surface area contributed by atoms with Gasteiger partial charge in [-0.25, -0.2) is 0 Å². The molecule has 0 saturated carbocycles. The highest BCUT2D eigenvalue weighted by Gasteiger charge is 2.30. The Labute approximate surface area is 124 Å². The average Bonchev–Trinajstić information content (AvgIpc) is 3.02. The fourth-order valence-corrected chi connectivity index (χ4v) is 3.18. The molecule has 2 aliphatic heterocycles. The molecule has 5 nitrogen and oxygen atoms in total. The largest absolute Gasteiger partial charge is 0.355 e. The normalized spacial score (nSPS) is 20.4. The first-order valence-electron chi connectivity index (χ1n) is 7.33. The van der Waals surface area contributed by atoms with Gasteiger partial charge in [0.1, 0.15) is 10.5 Å². The predicted molar refractivity (Wildman–Crippen MR) is 80.2 cm³/mol. The molecule has 1 amide bonds. The summed E-state index contributed by atoms with van der Waals surface area (Å²) in [5.74, 6) is 1.49. The highest BCUT2D eigenvalue weighted by Crippen LogP contribution is 2.24. The van der Waals surface area contributed by atoms with Crippen LogP contribution in [0.3, 0.4) is 0 Å². The number of piperidine rings is 1. The second-order valence-corrected chi connectivity index (χ2v) is 6.01. The quantitative estimate of drug-likeness (QED) is 0.847. The summed E-state index contributed by atoms with van der Waals surface area (Å²) in [6.45, 7) is 3.69. The molecule has 6 heteroatoms. The maximum Gasteiger partial charge on any atom is 0.225 e. The van der Waals surface area contributed by atoms with Gasteiger partial charge in [0.25, 0.3) is 0 Å². The van der Waals surface area contributed by atoms with E-state index < -0.39 is 0 Å². The van der Waals surface area contributed by atoms with Crippen LogP contribution in [0, 0.1) is 10.6 Å². The Bertz CT molecular complexity index is 510. The number of carbonyl (C=O) groups is 1. The van der Waals surface area contributed by atoms with Crippen molar-refractivity contribution in [1.29, 1.82) is 0 Å². The molecule has 0 aromatic carbocycles. The van der Waals surface area contributed by atoms with E-state index in [9.17, 15) is 4.79 Å². The van der Waals surface area contributed by atoms with E-state index in [0.717, 1.165) is 57.7 Å². The zero-order valence-electron chi connectivity index (χ0n) is 11.5. The van der Waals surface area contributed by atoms with Gasteiger partial charge in [0.15, 0.2) is 0 Å². The molecule has 2 fully saturated rings. The minimum absolute atomic E-state index is 0.201. The van der Waals surface area contributed by atoms with Gasteiger partial charge in [-0.2, -0.15) is 5.10 Å². The summed E-state index contributed by atoms with van der Waals surface area (Å²) in [6, 6.07) is 3.81. The molecule has 0 bridgehead atoms. The molecule has 0 aliphatic carbocycles. The molecule has 0 spiro atoms. The Hall–Kier alpha value is -1.43. The van der Waals surface area contributed by atoms with Crippen molar-refractivity contribution in [2.24, 2.45) is 5.92 Å². The zero-order chi connectivity index (χ0) is 13.9. The van der Waals surface area contributed by atoms with Crippen molar-refractivity contribution in [3.8, 4) is 0 Å². The minimum Gasteiger partial charge on any atom is -0.355 e. The van der Waals surface area contributed by atoms with Gasteiger partial charge in [-0.3, -0.25) is 9.89 Å². The fourth-order valence-electron chi connectivity index (χ4n) is 3.06. The van der Waals surface area contributed by atoms with Crippen molar-refractivity contribution in [3.05, 3.63) is 16.8 Å². The molecule has 1 N–H and O–H groups in total. The number of anilines is 1. The number of hydrogen-bond acceptors (Lipinski definition) is 4. The van der Waals surface area contributed by atoms with Gasteiger partial charge in [-0.1, -0.05) is 12.2 Å². The molecule has 0 radical (unpaired) electrons. The van der Waals surface area contributed by atoms with Gasteiger partial charge in [-0.05, 0) is 37.8 Å². The Balaban J connectivity index is 1.57. The number of carbonyl (C=O) groups excluding carboxylic acids is 1. The predicted octanol–water partition coefficient (Wildman–Crippen LogP) is 1.98. The van der Waals surface area contributed by atoms with E-state index in [4.69, 9.17) is 12.2 Å². The summed E-state index contributed by atoms with van der Waals surface area (Å²) >= 11 is 5.00. The number of H-pyrrole nitrogens is 1. The van der Waals surface area contributed by atoms with Gasteiger partial charge in [0.2, 0.25) is 5.91 Å². The molecule has 1 aromatic heterocycles. The van der Waals surface area contributed by atoms with Crippen molar-refractivity contribution < 1.29 is 4.79 Å². The van der Waals surface area contributed by atoms with Crippen molar-refractivity contribution in [2.75, 3.05) is 31.1 Å². The van der Waals surface area contributed by atoms with Crippen LogP contribution in [-0.2, 0) is 4.79 Å². The van der Waals surface area contributed by atoms with Crippen LogP contribution < -0.4 is 4.90 Å². The Morgan fingerprint density at radius 3 is 2.50 bits per heavy atom. The van der Waals surface area contributed by atoms with Crippen molar-refractivity contribution in [3.63, 3.8) is 0 Å². The maximum atomic E-state index is 12.4. The summed E-state index contributed by atoms with van der Waals surface area (Å²) in [6.07, 6.45) is 4.18. The smallest absolute Gasteiger partial charge is 0.225 e. The third-order valence-electron chi connectivity index (χ3n) is 4.25. The van der Waals surface area contributed by atoms with E-state index in [0.29, 0.717) is 10.5 Å². The van der Waals surface area contributed by atoms with Crippen LogP contribution in [0.1, 0.15) is 25.7 Å². The van der Waals surface area contributed by atoms with Gasteiger partial charge >= 0.3 is 0 Å². The van der Waals surface area contributed by atoms with E-state index in [1.807, 2.05) is 17.0 Å². The second kappa shape index (κ2) is 5.91. The monoisotopic (exact) mass is 292 g/mol. The standard InChI is InChI=1S/C14H20N4OS/c19-14(18-7-1-2-8-18)11-5-9-17(10-6-11)12-3-4-13(20)16-15-12/h3-4,11H,1-2,5-10H2,(H,16,20). The lowest BCUT2D eigenvalue weighted by Gasteiger charge is -2.33. The topological polar surface area (TPSA) is 52.2 Å². The zero-order valence-corrected chi connectivity index (χ0v) is 12.4. The van der Waals surface area contributed by atoms with Crippen molar-refractivity contribution >= 4 is 23.9 Å². The lowest BCUT2D eigenvalue weighted by atomic mass is 9.95. The molecule has 3 heterocycles. The average molecular weight is 292 g/mol. The lowest BCUT2D eigenvalue weighted by molar-refractivity contribution is -0.135. The van der Waals surface area contributed by atoms with E-state index in [-0.39, 0.29) is 5.92 Å². The third-order valence-corrected chi connectivity index (χ3v) is 4.48. The molecule has 1 aromatic rings. The minimum atomic E-state index is 0.201. The Kier molecular flexibility index (Phi) is 4.00. The van der Waals surface area contributed by atoms with Crippen LogP contribution in [-0.4, -0.2) is 47.2 Å². The second-order valence-electron chi connectivity index (χ2n) is 5.57. The van der Waals surface area contributed by atoms with E-state index in [1.54, 1.807) is 0 Å². The molecule has 20 heavy (non-hydrogen) atoms. The Morgan fingerprint density at radius 1 is 1.20 bits per heavy atom. The maximum absolute atomic E-state index is 12.4. The molecule has 108 valence electrons. The molecule has 2 saturated heterocycles. The van der Waals surface area contributed by atoms with Crippen molar-refractivity contribution in [1.82, 2.24) is 15.1 Å². The van der Waals surface area contributed by atoms with E-state index in [2.05, 4.69) is 15.1 Å². The summed E-state index contributed by atoms with van der Waals surface area (Å²) in [5, 5.41) is 7.07. The number of likely N-dealkylation sites (tertiary alicyclic amines) is 1. The third kappa shape index (κ3) is 2.85. The number of aromatic amines is 1. The number of nitrogens with one attached hydrogen (secondary N) is 1. The summed E-state index contributed by atoms with van der Waals surface area (Å²) in [5.41, 5.74) is 0. The molecular formula is C14H20N4OS. The van der Waals surface area contributed by atoms with Crippen LogP contribution in [0.2, 0.25) is 0 Å². The van der Waals surface area contributed by atoms with Gasteiger partial charge in [0.05, 0.1) is 0 Å². The number of nitrogens with zero attached hydrogens (tertiary/aromatic N) is 3.